The van der Waals surface area contributed by atoms with Crippen LogP contribution in [-0.4, -0.2) is 9.91 Å². The first kappa shape index (κ1) is 10.6. The molecule has 1 aromatic carbocycles. The van der Waals surface area contributed by atoms with Crippen LogP contribution in [0.4, 0.5) is 5.69 Å². The molecular formula is C11H7ClN2O2. The number of hydrogen-bond acceptors (Lipinski definition) is 3. The van der Waals surface area contributed by atoms with E-state index < -0.39 is 4.92 Å². The lowest BCUT2D eigenvalue weighted by Crippen LogP contribution is -1.93. The van der Waals surface area contributed by atoms with Gasteiger partial charge in [-0.2, -0.15) is 0 Å². The first-order valence-electron chi connectivity index (χ1n) is 4.54. The summed E-state index contributed by atoms with van der Waals surface area (Å²) in [5, 5.41) is 11.3. The molecule has 0 aliphatic carbocycles. The second-order valence-corrected chi connectivity index (χ2v) is 3.57. The van der Waals surface area contributed by atoms with Gasteiger partial charge in [-0.1, -0.05) is 17.7 Å². The van der Waals surface area contributed by atoms with Crippen molar-refractivity contribution in [1.82, 2.24) is 4.98 Å². The van der Waals surface area contributed by atoms with Crippen LogP contribution < -0.4 is 0 Å². The van der Waals surface area contributed by atoms with Gasteiger partial charge in [0.25, 0.3) is 5.69 Å². The van der Waals surface area contributed by atoms with Crippen molar-refractivity contribution in [2.75, 3.05) is 0 Å². The normalized spacial score (nSPS) is 10.1. The van der Waals surface area contributed by atoms with E-state index in [-0.39, 0.29) is 5.69 Å². The maximum absolute atomic E-state index is 10.8. The fraction of sp³-hybridized carbons (Fsp3) is 0. The number of rotatable bonds is 2. The zero-order chi connectivity index (χ0) is 11.5. The molecule has 0 bridgehead atoms. The van der Waals surface area contributed by atoms with Crippen LogP contribution in [0, 0.1) is 10.1 Å². The van der Waals surface area contributed by atoms with Gasteiger partial charge in [0, 0.05) is 17.3 Å². The van der Waals surface area contributed by atoms with Crippen molar-refractivity contribution in [3.05, 3.63) is 57.7 Å². The predicted molar refractivity (Wildman–Crippen MR) is 61.3 cm³/mol. The van der Waals surface area contributed by atoms with E-state index in [9.17, 15) is 10.1 Å². The van der Waals surface area contributed by atoms with E-state index in [1.54, 1.807) is 30.5 Å². The van der Waals surface area contributed by atoms with Crippen molar-refractivity contribution in [3.63, 3.8) is 0 Å². The minimum atomic E-state index is -0.444. The summed E-state index contributed by atoms with van der Waals surface area (Å²) in [6.07, 6.45) is 1.58. The number of nitrogens with zero attached hydrogens (tertiary/aromatic N) is 2. The summed E-state index contributed by atoms with van der Waals surface area (Å²) in [4.78, 5) is 14.5. The molecule has 0 aliphatic rings. The molecule has 0 saturated heterocycles. The lowest BCUT2D eigenvalue weighted by Gasteiger charge is -2.02. The summed E-state index contributed by atoms with van der Waals surface area (Å²) in [6, 6.07) is 9.64. The molecule has 80 valence electrons. The molecule has 0 N–H and O–H groups in total. The van der Waals surface area contributed by atoms with Crippen LogP contribution in [0.3, 0.4) is 0 Å². The highest BCUT2D eigenvalue weighted by atomic mass is 35.5. The largest absolute Gasteiger partial charge is 0.278 e. The lowest BCUT2D eigenvalue weighted by molar-refractivity contribution is -0.384. The van der Waals surface area contributed by atoms with Gasteiger partial charge in [0.1, 0.15) is 0 Å². The first-order valence-corrected chi connectivity index (χ1v) is 4.91. The topological polar surface area (TPSA) is 56.0 Å². The third kappa shape index (κ3) is 2.01. The van der Waals surface area contributed by atoms with Gasteiger partial charge >= 0.3 is 0 Å². The average Bonchev–Trinajstić information content (AvgIpc) is 2.29. The second kappa shape index (κ2) is 4.28. The lowest BCUT2D eigenvalue weighted by atomic mass is 10.1. The molecule has 1 heterocycles. The van der Waals surface area contributed by atoms with Gasteiger partial charge < -0.3 is 0 Å². The van der Waals surface area contributed by atoms with Gasteiger partial charge in [0.15, 0.2) is 0 Å². The molecule has 2 rings (SSSR count). The highest BCUT2D eigenvalue weighted by molar-refractivity contribution is 6.31. The molecule has 16 heavy (non-hydrogen) atoms. The first-order chi connectivity index (χ1) is 7.68. The Hall–Kier alpha value is -1.94. The molecule has 0 fully saturated rings. The number of aromatic nitrogens is 1. The maximum Gasteiger partial charge on any atom is 0.278 e. The van der Waals surface area contributed by atoms with Crippen LogP contribution in [0.15, 0.2) is 42.6 Å². The highest BCUT2D eigenvalue weighted by Gasteiger charge is 2.15. The Balaban J connectivity index is 2.63. The van der Waals surface area contributed by atoms with Gasteiger partial charge in [-0.15, -0.1) is 0 Å². The second-order valence-electron chi connectivity index (χ2n) is 3.13. The van der Waals surface area contributed by atoms with Gasteiger partial charge in [-0.05, 0) is 24.3 Å². The van der Waals surface area contributed by atoms with Crippen molar-refractivity contribution in [2.45, 2.75) is 0 Å². The Morgan fingerprint density at radius 2 is 2.06 bits per heavy atom. The van der Waals surface area contributed by atoms with Crippen LogP contribution in [-0.2, 0) is 0 Å². The minimum Gasteiger partial charge on any atom is -0.258 e. The van der Waals surface area contributed by atoms with Crippen LogP contribution in [0.25, 0.3) is 11.3 Å². The van der Waals surface area contributed by atoms with Crippen molar-refractivity contribution in [2.24, 2.45) is 0 Å². The highest BCUT2D eigenvalue weighted by Crippen LogP contribution is 2.30. The van der Waals surface area contributed by atoms with Crippen LogP contribution >= 0.6 is 11.6 Å². The summed E-state index contributed by atoms with van der Waals surface area (Å²) in [6.45, 7) is 0. The quantitative estimate of drug-likeness (QED) is 0.592. The van der Waals surface area contributed by atoms with Crippen molar-refractivity contribution in [3.8, 4) is 11.3 Å². The molecule has 0 amide bonds. The minimum absolute atomic E-state index is 0.00287. The molecule has 0 aliphatic heterocycles. The van der Waals surface area contributed by atoms with E-state index in [0.717, 1.165) is 0 Å². The van der Waals surface area contributed by atoms with Gasteiger partial charge in [0.05, 0.1) is 16.2 Å². The fourth-order valence-corrected chi connectivity index (χ4v) is 1.57. The Kier molecular flexibility index (Phi) is 2.83. The van der Waals surface area contributed by atoms with Gasteiger partial charge in [0.2, 0.25) is 0 Å². The monoisotopic (exact) mass is 234 g/mol. The molecule has 2 aromatic rings. The summed E-state index contributed by atoms with van der Waals surface area (Å²) in [7, 11) is 0. The van der Waals surface area contributed by atoms with Crippen LogP contribution in [0.2, 0.25) is 5.02 Å². The number of benzene rings is 1. The third-order valence-corrected chi connectivity index (χ3v) is 2.33. The van der Waals surface area contributed by atoms with Crippen LogP contribution in [0.5, 0.6) is 0 Å². The molecule has 5 heteroatoms. The van der Waals surface area contributed by atoms with Gasteiger partial charge in [-0.25, -0.2) is 0 Å². The van der Waals surface area contributed by atoms with E-state index in [0.29, 0.717) is 16.3 Å². The summed E-state index contributed by atoms with van der Waals surface area (Å²) < 4.78 is 0. The van der Waals surface area contributed by atoms with Gasteiger partial charge in [-0.3, -0.25) is 15.1 Å². The number of nitro benzene ring substituents is 1. The molecule has 0 radical (unpaired) electrons. The smallest absolute Gasteiger partial charge is 0.258 e. The Morgan fingerprint density at radius 1 is 1.25 bits per heavy atom. The number of nitro groups is 1. The standard InChI is InChI=1S/C11H7ClN2O2/c12-8-4-5-11(14(15)16)9(7-8)10-3-1-2-6-13-10/h1-7H. The number of hydrogen-bond donors (Lipinski definition) is 0. The summed E-state index contributed by atoms with van der Waals surface area (Å²) >= 11 is 5.82. The van der Waals surface area contributed by atoms with E-state index in [1.165, 1.54) is 12.1 Å². The molecule has 0 unspecified atom stereocenters. The summed E-state index contributed by atoms with van der Waals surface area (Å²) in [5.74, 6) is 0. The molecule has 0 atom stereocenters. The number of pyridine rings is 1. The van der Waals surface area contributed by atoms with Crippen molar-refractivity contribution < 1.29 is 4.92 Å². The van der Waals surface area contributed by atoms with Crippen LogP contribution in [0.1, 0.15) is 0 Å². The Labute approximate surface area is 96.7 Å². The molecular weight excluding hydrogens is 228 g/mol. The van der Waals surface area contributed by atoms with E-state index in [1.807, 2.05) is 0 Å². The maximum atomic E-state index is 10.8. The van der Waals surface area contributed by atoms with Crippen molar-refractivity contribution >= 4 is 17.3 Å². The number of halogens is 1. The predicted octanol–water partition coefficient (Wildman–Crippen LogP) is 3.31. The molecule has 1 aromatic heterocycles. The molecule has 0 saturated carbocycles. The summed E-state index contributed by atoms with van der Waals surface area (Å²) in [5.41, 5.74) is 0.970. The van der Waals surface area contributed by atoms with E-state index >= 15 is 0 Å². The zero-order valence-corrected chi connectivity index (χ0v) is 8.89. The Bertz CT molecular complexity index is 529. The van der Waals surface area contributed by atoms with E-state index in [4.69, 9.17) is 11.6 Å². The third-order valence-electron chi connectivity index (χ3n) is 2.10. The molecule has 0 spiro atoms. The molecule has 4 nitrogen and oxygen atoms in total. The Morgan fingerprint density at radius 3 is 2.69 bits per heavy atom. The fourth-order valence-electron chi connectivity index (χ4n) is 1.39. The van der Waals surface area contributed by atoms with E-state index in [2.05, 4.69) is 4.98 Å². The zero-order valence-electron chi connectivity index (χ0n) is 8.13. The SMILES string of the molecule is O=[N+]([O-])c1ccc(Cl)cc1-c1ccccn1. The average molecular weight is 235 g/mol. The van der Waals surface area contributed by atoms with Crippen molar-refractivity contribution in [1.29, 1.82) is 0 Å².